The minimum Gasteiger partial charge on any atom is -0.360 e. The first-order valence-electron chi connectivity index (χ1n) is 5.32. The van der Waals surface area contributed by atoms with Crippen molar-refractivity contribution < 1.29 is 21.7 Å². The number of aromatic nitrogens is 1. The van der Waals surface area contributed by atoms with Gasteiger partial charge in [0.15, 0.2) is 22.3 Å². The standard InChI is InChI=1S/C11H9ClF2N2O3S/c1-5-11(6(2)19-15-5)20(17,18)16-10-4-9(14)8(13)3-7(10)12/h3-4,16H,1-2H3. The number of halogens is 3. The molecule has 0 radical (unpaired) electrons. The van der Waals surface area contributed by atoms with E-state index in [0.29, 0.717) is 12.1 Å². The van der Waals surface area contributed by atoms with E-state index in [1.165, 1.54) is 13.8 Å². The third-order valence-corrected chi connectivity index (χ3v) is 4.41. The normalized spacial score (nSPS) is 11.7. The summed E-state index contributed by atoms with van der Waals surface area (Å²) in [6.07, 6.45) is 0. The van der Waals surface area contributed by atoms with Gasteiger partial charge in [0.2, 0.25) is 0 Å². The third-order valence-electron chi connectivity index (χ3n) is 2.49. The summed E-state index contributed by atoms with van der Waals surface area (Å²) in [6.45, 7) is 2.86. The molecule has 0 bridgehead atoms. The molecule has 1 heterocycles. The fraction of sp³-hybridized carbons (Fsp3) is 0.182. The zero-order valence-corrected chi connectivity index (χ0v) is 11.9. The maximum atomic E-state index is 13.1. The average molecular weight is 323 g/mol. The van der Waals surface area contributed by atoms with Crippen molar-refractivity contribution in [3.63, 3.8) is 0 Å². The van der Waals surface area contributed by atoms with Crippen molar-refractivity contribution in [2.24, 2.45) is 0 Å². The fourth-order valence-electron chi connectivity index (χ4n) is 1.65. The van der Waals surface area contributed by atoms with Gasteiger partial charge < -0.3 is 4.52 Å². The Bertz CT molecular complexity index is 755. The molecule has 9 heteroatoms. The number of aryl methyl sites for hydroxylation is 2. The molecule has 0 amide bonds. The van der Waals surface area contributed by atoms with Gasteiger partial charge in [-0.2, -0.15) is 0 Å². The Morgan fingerprint density at radius 1 is 1.25 bits per heavy atom. The Labute approximate surface area is 118 Å². The lowest BCUT2D eigenvalue weighted by molar-refractivity contribution is 0.390. The Morgan fingerprint density at radius 2 is 1.85 bits per heavy atom. The number of hydrogen-bond donors (Lipinski definition) is 1. The highest BCUT2D eigenvalue weighted by molar-refractivity contribution is 7.92. The van der Waals surface area contributed by atoms with Crippen LogP contribution in [0.15, 0.2) is 21.6 Å². The van der Waals surface area contributed by atoms with Gasteiger partial charge in [-0.25, -0.2) is 17.2 Å². The largest absolute Gasteiger partial charge is 0.360 e. The molecule has 0 saturated carbocycles. The Balaban J connectivity index is 2.47. The summed E-state index contributed by atoms with van der Waals surface area (Å²) >= 11 is 5.68. The van der Waals surface area contributed by atoms with Crippen molar-refractivity contribution in [3.05, 3.63) is 40.2 Å². The molecular formula is C11H9ClF2N2O3S. The number of benzene rings is 1. The van der Waals surface area contributed by atoms with Crippen LogP contribution in [0.25, 0.3) is 0 Å². The highest BCUT2D eigenvalue weighted by atomic mass is 35.5. The van der Waals surface area contributed by atoms with Gasteiger partial charge in [-0.3, -0.25) is 4.72 Å². The maximum Gasteiger partial charge on any atom is 0.267 e. The fourth-order valence-corrected chi connectivity index (χ4v) is 3.31. The Morgan fingerprint density at radius 3 is 2.40 bits per heavy atom. The van der Waals surface area contributed by atoms with Crippen molar-refractivity contribution in [1.29, 1.82) is 0 Å². The van der Waals surface area contributed by atoms with Gasteiger partial charge >= 0.3 is 0 Å². The van der Waals surface area contributed by atoms with Gasteiger partial charge in [0.05, 0.1) is 10.7 Å². The maximum absolute atomic E-state index is 13.1. The van der Waals surface area contributed by atoms with E-state index in [0.717, 1.165) is 0 Å². The predicted molar refractivity (Wildman–Crippen MR) is 68.2 cm³/mol. The van der Waals surface area contributed by atoms with Crippen LogP contribution in [0.2, 0.25) is 5.02 Å². The molecule has 2 aromatic rings. The predicted octanol–water partition coefficient (Wildman–Crippen LogP) is 3.02. The van der Waals surface area contributed by atoms with Crippen LogP contribution in [0.3, 0.4) is 0 Å². The lowest BCUT2D eigenvalue weighted by Crippen LogP contribution is -2.15. The first kappa shape index (κ1) is 14.7. The topological polar surface area (TPSA) is 72.2 Å². The van der Waals surface area contributed by atoms with Crippen LogP contribution < -0.4 is 4.72 Å². The molecule has 1 N–H and O–H groups in total. The molecule has 20 heavy (non-hydrogen) atoms. The summed E-state index contributed by atoms with van der Waals surface area (Å²) in [6, 6.07) is 1.34. The van der Waals surface area contributed by atoms with E-state index in [-0.39, 0.29) is 27.1 Å². The highest BCUT2D eigenvalue weighted by Gasteiger charge is 2.25. The van der Waals surface area contributed by atoms with Crippen molar-refractivity contribution in [1.82, 2.24) is 5.16 Å². The van der Waals surface area contributed by atoms with Gasteiger partial charge in [0.1, 0.15) is 5.69 Å². The monoisotopic (exact) mass is 322 g/mol. The number of nitrogens with zero attached hydrogens (tertiary/aromatic N) is 1. The molecule has 0 aliphatic rings. The minimum absolute atomic E-state index is 0.0775. The second-order valence-electron chi connectivity index (χ2n) is 4.00. The first-order chi connectivity index (χ1) is 9.22. The molecule has 0 aliphatic carbocycles. The quantitative estimate of drug-likeness (QED) is 0.882. The number of anilines is 1. The van der Waals surface area contributed by atoms with Crippen molar-refractivity contribution in [2.75, 3.05) is 4.72 Å². The number of hydrogen-bond acceptors (Lipinski definition) is 4. The van der Waals surface area contributed by atoms with Crippen LogP contribution in [-0.4, -0.2) is 13.6 Å². The lowest BCUT2D eigenvalue weighted by Gasteiger charge is -2.09. The average Bonchev–Trinajstić information content (AvgIpc) is 2.66. The highest BCUT2D eigenvalue weighted by Crippen LogP contribution is 2.28. The van der Waals surface area contributed by atoms with E-state index in [1.54, 1.807) is 0 Å². The summed E-state index contributed by atoms with van der Waals surface area (Å²) in [7, 11) is -4.06. The lowest BCUT2D eigenvalue weighted by atomic mass is 10.3. The first-order valence-corrected chi connectivity index (χ1v) is 7.18. The number of rotatable bonds is 3. The summed E-state index contributed by atoms with van der Waals surface area (Å²) in [5, 5.41) is 3.25. The van der Waals surface area contributed by atoms with E-state index in [4.69, 9.17) is 16.1 Å². The van der Waals surface area contributed by atoms with E-state index in [9.17, 15) is 17.2 Å². The summed E-state index contributed by atoms with van der Waals surface area (Å²) in [4.78, 5) is -0.168. The van der Waals surface area contributed by atoms with Crippen LogP contribution in [0.5, 0.6) is 0 Å². The number of sulfonamides is 1. The van der Waals surface area contributed by atoms with E-state index in [2.05, 4.69) is 9.88 Å². The van der Waals surface area contributed by atoms with Gasteiger partial charge in [0.25, 0.3) is 10.0 Å². The third kappa shape index (κ3) is 2.61. The van der Waals surface area contributed by atoms with Gasteiger partial charge in [-0.1, -0.05) is 16.8 Å². The van der Waals surface area contributed by atoms with Crippen molar-refractivity contribution in [2.45, 2.75) is 18.7 Å². The molecule has 0 spiro atoms. The Hall–Kier alpha value is -1.67. The summed E-state index contributed by atoms with van der Waals surface area (Å²) in [5.74, 6) is -2.31. The van der Waals surface area contributed by atoms with Gasteiger partial charge in [-0.15, -0.1) is 0 Å². The molecule has 0 atom stereocenters. The van der Waals surface area contributed by atoms with Gasteiger partial charge in [-0.05, 0) is 19.9 Å². The molecule has 1 aromatic heterocycles. The molecule has 2 rings (SSSR count). The van der Waals surface area contributed by atoms with Crippen LogP contribution in [0.1, 0.15) is 11.5 Å². The second-order valence-corrected chi connectivity index (χ2v) is 6.03. The zero-order valence-electron chi connectivity index (χ0n) is 10.4. The van der Waals surface area contributed by atoms with E-state index < -0.39 is 21.7 Å². The zero-order chi connectivity index (χ0) is 15.1. The van der Waals surface area contributed by atoms with Crippen LogP contribution in [-0.2, 0) is 10.0 Å². The van der Waals surface area contributed by atoms with Crippen molar-refractivity contribution in [3.8, 4) is 0 Å². The molecule has 0 aliphatic heterocycles. The Kier molecular flexibility index (Phi) is 3.70. The molecule has 0 fully saturated rings. The molecule has 5 nitrogen and oxygen atoms in total. The summed E-state index contributed by atoms with van der Waals surface area (Å²) in [5.41, 5.74) is -0.126. The van der Waals surface area contributed by atoms with Crippen LogP contribution in [0, 0.1) is 25.5 Å². The van der Waals surface area contributed by atoms with Crippen LogP contribution in [0.4, 0.5) is 14.5 Å². The van der Waals surface area contributed by atoms with Crippen molar-refractivity contribution >= 4 is 27.3 Å². The molecule has 0 unspecified atom stereocenters. The van der Waals surface area contributed by atoms with Crippen LogP contribution >= 0.6 is 11.6 Å². The molecule has 1 aromatic carbocycles. The summed E-state index contributed by atoms with van der Waals surface area (Å²) < 4.78 is 57.2. The molecule has 0 saturated heterocycles. The van der Waals surface area contributed by atoms with E-state index >= 15 is 0 Å². The SMILES string of the molecule is Cc1noc(C)c1S(=O)(=O)Nc1cc(F)c(F)cc1Cl. The molecular weight excluding hydrogens is 314 g/mol. The van der Waals surface area contributed by atoms with E-state index in [1.807, 2.05) is 0 Å². The minimum atomic E-state index is -4.06. The number of nitrogens with one attached hydrogen (secondary N) is 1. The second kappa shape index (κ2) is 5.02. The van der Waals surface area contributed by atoms with Gasteiger partial charge in [0, 0.05) is 6.07 Å². The smallest absolute Gasteiger partial charge is 0.267 e. The molecule has 108 valence electrons.